The summed E-state index contributed by atoms with van der Waals surface area (Å²) in [7, 11) is 2.87. The van der Waals surface area contributed by atoms with Gasteiger partial charge in [0.25, 0.3) is 5.91 Å². The van der Waals surface area contributed by atoms with Crippen molar-refractivity contribution in [3.05, 3.63) is 68.1 Å². The Balaban J connectivity index is 2.12. The number of carbonyl (C=O) groups excluding carboxylic acids is 2. The minimum Gasteiger partial charge on any atom is -0.465 e. The minimum absolute atomic E-state index is 0.260. The number of methoxy groups -OCH3 is 2. The molecule has 1 amide bonds. The van der Waals surface area contributed by atoms with E-state index in [4.69, 9.17) is 32.7 Å². The molecule has 2 aromatic rings. The smallest absolute Gasteiger partial charge is 0.340 e. The third kappa shape index (κ3) is 4.28. The topological polar surface area (TPSA) is 60.8 Å². The molecular weight excluding hydrogens is 439 g/mol. The van der Waals surface area contributed by atoms with Gasteiger partial charge in [0.2, 0.25) is 0 Å². The van der Waals surface area contributed by atoms with Crippen LogP contribution < -0.4 is 0 Å². The van der Waals surface area contributed by atoms with E-state index in [1.54, 1.807) is 32.2 Å². The van der Waals surface area contributed by atoms with Crippen molar-refractivity contribution in [3.63, 3.8) is 0 Å². The van der Waals surface area contributed by atoms with Gasteiger partial charge in [0.05, 0.1) is 35.6 Å². The number of nitrogens with zero attached hydrogens (tertiary/aromatic N) is 2. The van der Waals surface area contributed by atoms with E-state index in [1.165, 1.54) is 12.0 Å². The van der Waals surface area contributed by atoms with E-state index < -0.39 is 5.97 Å². The predicted molar refractivity (Wildman–Crippen MR) is 122 cm³/mol. The van der Waals surface area contributed by atoms with Gasteiger partial charge in [-0.25, -0.2) is 4.79 Å². The van der Waals surface area contributed by atoms with Crippen LogP contribution in [-0.2, 0) is 19.1 Å². The van der Waals surface area contributed by atoms with E-state index >= 15 is 0 Å². The number of esters is 1. The monoisotopic (exact) mass is 462 g/mol. The van der Waals surface area contributed by atoms with E-state index in [-0.39, 0.29) is 11.5 Å². The van der Waals surface area contributed by atoms with Crippen LogP contribution in [0.3, 0.4) is 0 Å². The van der Waals surface area contributed by atoms with Crippen molar-refractivity contribution in [1.82, 2.24) is 9.47 Å². The Kier molecular flexibility index (Phi) is 6.94. The van der Waals surface area contributed by atoms with Gasteiger partial charge in [0, 0.05) is 35.8 Å². The molecule has 3 rings (SSSR count). The van der Waals surface area contributed by atoms with Crippen molar-refractivity contribution in [2.45, 2.75) is 20.8 Å². The highest BCUT2D eigenvalue weighted by atomic mass is 35.5. The minimum atomic E-state index is -0.549. The average molecular weight is 463 g/mol. The summed E-state index contributed by atoms with van der Waals surface area (Å²) in [6, 6.07) is 7.25. The first-order valence-corrected chi connectivity index (χ1v) is 10.4. The number of halogens is 2. The molecule has 0 bridgehead atoms. The molecule has 1 aromatic carbocycles. The van der Waals surface area contributed by atoms with Crippen LogP contribution in [0.15, 0.2) is 41.1 Å². The second-order valence-electron chi connectivity index (χ2n) is 7.22. The van der Waals surface area contributed by atoms with Crippen molar-refractivity contribution >= 4 is 41.2 Å². The van der Waals surface area contributed by atoms with Gasteiger partial charge in [0.15, 0.2) is 0 Å². The lowest BCUT2D eigenvalue weighted by atomic mass is 10.0. The first kappa shape index (κ1) is 23.1. The van der Waals surface area contributed by atoms with Crippen LogP contribution in [0.2, 0.25) is 10.0 Å². The molecule has 2 heterocycles. The van der Waals surface area contributed by atoms with Gasteiger partial charge in [-0.1, -0.05) is 23.2 Å². The fourth-order valence-electron chi connectivity index (χ4n) is 3.80. The zero-order chi connectivity index (χ0) is 22.9. The molecule has 6 nitrogen and oxygen atoms in total. The first-order valence-electron chi connectivity index (χ1n) is 9.67. The maximum atomic E-state index is 13.1. The largest absolute Gasteiger partial charge is 0.465 e. The molecule has 0 N–H and O–H groups in total. The maximum absolute atomic E-state index is 13.1. The molecule has 1 aliphatic heterocycles. The summed E-state index contributed by atoms with van der Waals surface area (Å²) in [5, 5.41) is 1.07. The second kappa shape index (κ2) is 9.30. The second-order valence-corrected chi connectivity index (χ2v) is 8.06. The highest BCUT2D eigenvalue weighted by Crippen LogP contribution is 2.34. The summed E-state index contributed by atoms with van der Waals surface area (Å²) < 4.78 is 12.0. The quantitative estimate of drug-likeness (QED) is 0.460. The van der Waals surface area contributed by atoms with Crippen LogP contribution in [0.1, 0.15) is 23.9 Å². The van der Waals surface area contributed by atoms with E-state index in [0.717, 1.165) is 22.6 Å². The van der Waals surface area contributed by atoms with Crippen LogP contribution in [0.4, 0.5) is 0 Å². The SMILES string of the molecule is COCCN1C(=O)/C(=C\c2cc(C)n(-c3ccc(Cl)cc3Cl)c2C)C(C(=O)OC)=C1C. The molecule has 0 unspecified atom stereocenters. The van der Waals surface area contributed by atoms with Gasteiger partial charge in [-0.3, -0.25) is 4.79 Å². The van der Waals surface area contributed by atoms with Crippen LogP contribution in [0.25, 0.3) is 11.8 Å². The van der Waals surface area contributed by atoms with E-state index in [9.17, 15) is 9.59 Å². The number of aromatic nitrogens is 1. The molecule has 0 saturated heterocycles. The molecular formula is C23H24Cl2N2O4. The van der Waals surface area contributed by atoms with Gasteiger partial charge in [-0.05, 0) is 56.7 Å². The fraction of sp³-hybridized carbons (Fsp3) is 0.304. The van der Waals surface area contributed by atoms with E-state index in [0.29, 0.717) is 34.5 Å². The lowest BCUT2D eigenvalue weighted by Gasteiger charge is -2.16. The number of benzene rings is 1. The zero-order valence-corrected chi connectivity index (χ0v) is 19.6. The third-order valence-corrected chi connectivity index (χ3v) is 5.88. The maximum Gasteiger partial charge on any atom is 0.340 e. The van der Waals surface area contributed by atoms with Crippen LogP contribution in [-0.4, -0.2) is 48.7 Å². The molecule has 31 heavy (non-hydrogen) atoms. The molecule has 164 valence electrons. The number of carbonyl (C=O) groups is 2. The van der Waals surface area contributed by atoms with Crippen LogP contribution >= 0.6 is 23.2 Å². The number of hydrogen-bond donors (Lipinski definition) is 0. The molecule has 0 saturated carbocycles. The highest BCUT2D eigenvalue weighted by Gasteiger charge is 2.37. The van der Waals surface area contributed by atoms with E-state index in [1.807, 2.05) is 30.5 Å². The Hall–Kier alpha value is -2.54. The zero-order valence-electron chi connectivity index (χ0n) is 18.1. The Morgan fingerprint density at radius 3 is 2.45 bits per heavy atom. The molecule has 1 aliphatic rings. The lowest BCUT2D eigenvalue weighted by molar-refractivity contribution is -0.136. The van der Waals surface area contributed by atoms with Crippen molar-refractivity contribution < 1.29 is 19.1 Å². The Morgan fingerprint density at radius 1 is 1.13 bits per heavy atom. The lowest BCUT2D eigenvalue weighted by Crippen LogP contribution is -2.28. The summed E-state index contributed by atoms with van der Waals surface area (Å²) in [6.45, 7) is 6.31. The molecule has 0 spiro atoms. The summed E-state index contributed by atoms with van der Waals surface area (Å²) in [5.41, 5.74) is 4.49. The number of allylic oxidation sites excluding steroid dienone is 1. The van der Waals surface area contributed by atoms with Crippen molar-refractivity contribution in [1.29, 1.82) is 0 Å². The van der Waals surface area contributed by atoms with Gasteiger partial charge in [-0.15, -0.1) is 0 Å². The fourth-order valence-corrected chi connectivity index (χ4v) is 4.30. The molecule has 8 heteroatoms. The van der Waals surface area contributed by atoms with Gasteiger partial charge in [0.1, 0.15) is 0 Å². The summed E-state index contributed by atoms with van der Waals surface area (Å²) >= 11 is 12.5. The summed E-state index contributed by atoms with van der Waals surface area (Å²) in [5.74, 6) is -0.809. The van der Waals surface area contributed by atoms with Gasteiger partial charge >= 0.3 is 5.97 Å². The summed E-state index contributed by atoms with van der Waals surface area (Å²) in [6.07, 6.45) is 1.73. The third-order valence-electron chi connectivity index (χ3n) is 5.34. The average Bonchev–Trinajstić information content (AvgIpc) is 3.13. The molecule has 0 fully saturated rings. The number of aryl methyl sites for hydroxylation is 1. The normalized spacial score (nSPS) is 15.4. The first-order chi connectivity index (χ1) is 14.7. The highest BCUT2D eigenvalue weighted by molar-refractivity contribution is 6.35. The Bertz CT molecular complexity index is 1120. The Morgan fingerprint density at radius 2 is 1.84 bits per heavy atom. The molecule has 0 atom stereocenters. The standard InChI is InChI=1S/C23H24Cl2N2O4/c1-13-10-16(14(2)27(13)20-7-6-17(24)12-19(20)25)11-18-21(23(29)31-5)15(3)26(22(18)28)8-9-30-4/h6-7,10-12H,8-9H2,1-5H3/b18-11-. The molecule has 0 radical (unpaired) electrons. The molecule has 0 aliphatic carbocycles. The van der Waals surface area contributed by atoms with Gasteiger partial charge in [-0.2, -0.15) is 0 Å². The number of hydrogen-bond acceptors (Lipinski definition) is 4. The number of ether oxygens (including phenoxy) is 2. The Labute approximate surface area is 191 Å². The number of amides is 1. The van der Waals surface area contributed by atoms with Crippen molar-refractivity contribution in [2.75, 3.05) is 27.4 Å². The van der Waals surface area contributed by atoms with Crippen molar-refractivity contribution in [3.8, 4) is 5.69 Å². The van der Waals surface area contributed by atoms with Crippen LogP contribution in [0.5, 0.6) is 0 Å². The predicted octanol–water partition coefficient (Wildman–Crippen LogP) is 4.72. The van der Waals surface area contributed by atoms with Crippen molar-refractivity contribution in [2.24, 2.45) is 0 Å². The van der Waals surface area contributed by atoms with E-state index in [2.05, 4.69) is 0 Å². The number of rotatable bonds is 6. The summed E-state index contributed by atoms with van der Waals surface area (Å²) in [4.78, 5) is 27.1. The van der Waals surface area contributed by atoms with Gasteiger partial charge < -0.3 is 18.9 Å². The van der Waals surface area contributed by atoms with Crippen LogP contribution in [0, 0.1) is 13.8 Å². The molecule has 1 aromatic heterocycles.